The second-order valence-electron chi connectivity index (χ2n) is 4.44. The van der Waals surface area contributed by atoms with Gasteiger partial charge in [0.25, 0.3) is 0 Å². The summed E-state index contributed by atoms with van der Waals surface area (Å²) in [6, 6.07) is 0. The number of likely N-dealkylation sites (N-methyl/N-ethyl adjacent to an activating group) is 1. The molecule has 4 heteroatoms. The molecule has 0 radical (unpaired) electrons. The minimum absolute atomic E-state index is 0.0689. The average Bonchev–Trinajstić information content (AvgIpc) is 2.69. The van der Waals surface area contributed by atoms with Crippen LogP contribution in [0, 0.1) is 11.8 Å². The first kappa shape index (κ1) is 9.93. The van der Waals surface area contributed by atoms with Crippen molar-refractivity contribution in [1.82, 2.24) is 10.2 Å². The van der Waals surface area contributed by atoms with Gasteiger partial charge in [-0.3, -0.25) is 9.69 Å². The standard InChI is InChI=1S/C10H18N2O2/c1-11-10(14)6-12-4-7-2-3-9(13)8(7)5-12/h7-9,13H,2-6H2,1H3,(H,11,14). The van der Waals surface area contributed by atoms with Crippen LogP contribution in [0.5, 0.6) is 0 Å². The predicted octanol–water partition coefficient (Wildman–Crippen LogP) is -0.565. The number of aliphatic hydroxyl groups is 1. The van der Waals surface area contributed by atoms with Crippen molar-refractivity contribution >= 4 is 5.91 Å². The molecule has 1 heterocycles. The molecule has 3 unspecified atom stereocenters. The highest BCUT2D eigenvalue weighted by Crippen LogP contribution is 2.37. The van der Waals surface area contributed by atoms with E-state index in [0.717, 1.165) is 25.9 Å². The molecule has 2 rings (SSSR count). The lowest BCUT2D eigenvalue weighted by Gasteiger charge is -2.16. The fraction of sp³-hybridized carbons (Fsp3) is 0.900. The minimum Gasteiger partial charge on any atom is -0.393 e. The molecule has 0 aromatic heterocycles. The van der Waals surface area contributed by atoms with Gasteiger partial charge < -0.3 is 10.4 Å². The van der Waals surface area contributed by atoms with Crippen LogP contribution >= 0.6 is 0 Å². The van der Waals surface area contributed by atoms with E-state index < -0.39 is 0 Å². The van der Waals surface area contributed by atoms with Gasteiger partial charge in [0.1, 0.15) is 0 Å². The van der Waals surface area contributed by atoms with E-state index in [1.807, 2.05) is 0 Å². The van der Waals surface area contributed by atoms with E-state index >= 15 is 0 Å². The van der Waals surface area contributed by atoms with E-state index in [9.17, 15) is 9.90 Å². The number of likely N-dealkylation sites (tertiary alicyclic amines) is 1. The molecular formula is C10H18N2O2. The summed E-state index contributed by atoms with van der Waals surface area (Å²) in [6.45, 7) is 2.35. The maximum atomic E-state index is 11.2. The second kappa shape index (κ2) is 3.87. The molecule has 3 atom stereocenters. The summed E-state index contributed by atoms with van der Waals surface area (Å²) in [6.07, 6.45) is 1.94. The van der Waals surface area contributed by atoms with Crippen molar-refractivity contribution in [2.24, 2.45) is 11.8 Å². The molecule has 1 aliphatic heterocycles. The maximum absolute atomic E-state index is 11.2. The van der Waals surface area contributed by atoms with Crippen LogP contribution in [0.25, 0.3) is 0 Å². The summed E-state index contributed by atoms with van der Waals surface area (Å²) < 4.78 is 0. The molecule has 0 spiro atoms. The first-order valence-corrected chi connectivity index (χ1v) is 5.31. The van der Waals surface area contributed by atoms with Gasteiger partial charge in [-0.1, -0.05) is 0 Å². The van der Waals surface area contributed by atoms with Crippen molar-refractivity contribution in [2.75, 3.05) is 26.7 Å². The molecule has 0 aromatic rings. The van der Waals surface area contributed by atoms with E-state index in [1.54, 1.807) is 7.05 Å². The molecule has 1 amide bonds. The zero-order chi connectivity index (χ0) is 10.1. The third-order valence-electron chi connectivity index (χ3n) is 3.54. The largest absolute Gasteiger partial charge is 0.393 e. The van der Waals surface area contributed by atoms with Gasteiger partial charge in [0.2, 0.25) is 5.91 Å². The van der Waals surface area contributed by atoms with Gasteiger partial charge in [-0.25, -0.2) is 0 Å². The molecule has 80 valence electrons. The second-order valence-corrected chi connectivity index (χ2v) is 4.44. The van der Waals surface area contributed by atoms with Gasteiger partial charge in [-0.15, -0.1) is 0 Å². The molecule has 1 saturated carbocycles. The third-order valence-corrected chi connectivity index (χ3v) is 3.54. The van der Waals surface area contributed by atoms with Crippen molar-refractivity contribution in [3.05, 3.63) is 0 Å². The number of hydrogen-bond acceptors (Lipinski definition) is 3. The molecular weight excluding hydrogens is 180 g/mol. The fourth-order valence-electron chi connectivity index (χ4n) is 2.74. The smallest absolute Gasteiger partial charge is 0.233 e. The molecule has 0 aromatic carbocycles. The number of fused-ring (bicyclic) bond motifs is 1. The maximum Gasteiger partial charge on any atom is 0.233 e. The molecule has 4 nitrogen and oxygen atoms in total. The first-order valence-electron chi connectivity index (χ1n) is 5.31. The Morgan fingerprint density at radius 3 is 2.93 bits per heavy atom. The highest BCUT2D eigenvalue weighted by Gasteiger charge is 2.41. The normalized spacial score (nSPS) is 37.1. The van der Waals surface area contributed by atoms with Crippen molar-refractivity contribution < 1.29 is 9.90 Å². The van der Waals surface area contributed by atoms with Crippen molar-refractivity contribution in [3.63, 3.8) is 0 Å². The number of carbonyl (C=O) groups is 1. The average molecular weight is 198 g/mol. The van der Waals surface area contributed by atoms with Crippen molar-refractivity contribution in [1.29, 1.82) is 0 Å². The quantitative estimate of drug-likeness (QED) is 0.625. The number of nitrogens with one attached hydrogen (secondary N) is 1. The van der Waals surface area contributed by atoms with Gasteiger partial charge >= 0.3 is 0 Å². The topological polar surface area (TPSA) is 52.6 Å². The number of rotatable bonds is 2. The van der Waals surface area contributed by atoms with Crippen LogP contribution in [-0.4, -0.2) is 48.7 Å². The molecule has 0 bridgehead atoms. The lowest BCUT2D eigenvalue weighted by molar-refractivity contribution is -0.121. The summed E-state index contributed by atoms with van der Waals surface area (Å²) in [5.74, 6) is 1.11. The highest BCUT2D eigenvalue weighted by molar-refractivity contribution is 5.77. The summed E-state index contributed by atoms with van der Waals surface area (Å²) in [5.41, 5.74) is 0. The van der Waals surface area contributed by atoms with Gasteiger partial charge in [0.05, 0.1) is 12.6 Å². The Kier molecular flexibility index (Phi) is 2.74. The van der Waals surface area contributed by atoms with E-state index in [4.69, 9.17) is 0 Å². The molecule has 2 N–H and O–H groups in total. The number of carbonyl (C=O) groups excluding carboxylic acids is 1. The Bertz CT molecular complexity index is 232. The van der Waals surface area contributed by atoms with Crippen LogP contribution in [0.15, 0.2) is 0 Å². The molecule has 2 fully saturated rings. The van der Waals surface area contributed by atoms with Crippen LogP contribution in [-0.2, 0) is 4.79 Å². The molecule has 1 aliphatic carbocycles. The Balaban J connectivity index is 1.86. The fourth-order valence-corrected chi connectivity index (χ4v) is 2.74. The van der Waals surface area contributed by atoms with Crippen LogP contribution < -0.4 is 5.32 Å². The Morgan fingerprint density at radius 2 is 2.29 bits per heavy atom. The number of amides is 1. The van der Waals surface area contributed by atoms with E-state index in [2.05, 4.69) is 10.2 Å². The molecule has 2 aliphatic rings. The molecule has 14 heavy (non-hydrogen) atoms. The van der Waals surface area contributed by atoms with Crippen LogP contribution in [0.2, 0.25) is 0 Å². The Labute approximate surface area is 84.3 Å². The van der Waals surface area contributed by atoms with Gasteiger partial charge in [0.15, 0.2) is 0 Å². The molecule has 1 saturated heterocycles. The van der Waals surface area contributed by atoms with Crippen molar-refractivity contribution in [2.45, 2.75) is 18.9 Å². The van der Waals surface area contributed by atoms with Crippen LogP contribution in [0.3, 0.4) is 0 Å². The van der Waals surface area contributed by atoms with Crippen LogP contribution in [0.4, 0.5) is 0 Å². The SMILES string of the molecule is CNC(=O)CN1CC2CCC(O)C2C1. The lowest BCUT2D eigenvalue weighted by Crippen LogP contribution is -2.35. The summed E-state index contributed by atoms with van der Waals surface area (Å²) in [7, 11) is 1.66. The summed E-state index contributed by atoms with van der Waals surface area (Å²) >= 11 is 0. The summed E-state index contributed by atoms with van der Waals surface area (Å²) in [4.78, 5) is 13.3. The Hall–Kier alpha value is -0.610. The van der Waals surface area contributed by atoms with E-state index in [0.29, 0.717) is 18.4 Å². The number of nitrogens with zero attached hydrogens (tertiary/aromatic N) is 1. The first-order chi connectivity index (χ1) is 6.70. The Morgan fingerprint density at radius 1 is 1.50 bits per heavy atom. The van der Waals surface area contributed by atoms with E-state index in [1.165, 1.54) is 0 Å². The summed E-state index contributed by atoms with van der Waals surface area (Å²) in [5, 5.41) is 12.3. The van der Waals surface area contributed by atoms with Crippen LogP contribution in [0.1, 0.15) is 12.8 Å². The minimum atomic E-state index is -0.130. The van der Waals surface area contributed by atoms with Gasteiger partial charge in [0, 0.05) is 26.1 Å². The van der Waals surface area contributed by atoms with Gasteiger partial charge in [-0.2, -0.15) is 0 Å². The zero-order valence-electron chi connectivity index (χ0n) is 8.57. The third kappa shape index (κ3) is 1.77. The van der Waals surface area contributed by atoms with Gasteiger partial charge in [-0.05, 0) is 18.8 Å². The van der Waals surface area contributed by atoms with E-state index in [-0.39, 0.29) is 12.0 Å². The number of hydrogen-bond donors (Lipinski definition) is 2. The lowest BCUT2D eigenvalue weighted by atomic mass is 10.00. The number of aliphatic hydroxyl groups excluding tert-OH is 1. The monoisotopic (exact) mass is 198 g/mol. The zero-order valence-corrected chi connectivity index (χ0v) is 8.57. The van der Waals surface area contributed by atoms with Crippen molar-refractivity contribution in [3.8, 4) is 0 Å². The predicted molar refractivity (Wildman–Crippen MR) is 52.7 cm³/mol. The highest BCUT2D eigenvalue weighted by atomic mass is 16.3.